The zero-order chi connectivity index (χ0) is 13.7. The first-order valence-corrected chi connectivity index (χ1v) is 6.96. The number of anilines is 1. The maximum atomic E-state index is 12.0. The van der Waals surface area contributed by atoms with E-state index in [9.17, 15) is 4.79 Å². The summed E-state index contributed by atoms with van der Waals surface area (Å²) in [7, 11) is 0. The summed E-state index contributed by atoms with van der Waals surface area (Å²) in [6, 6.07) is 8.21. The highest BCUT2D eigenvalue weighted by molar-refractivity contribution is 5.91. The Balaban J connectivity index is 1.83. The minimum Gasteiger partial charge on any atom is -0.326 e. The van der Waals surface area contributed by atoms with Gasteiger partial charge in [-0.05, 0) is 31.5 Å². The monoisotopic (exact) mass is 261 g/mol. The smallest absolute Gasteiger partial charge is 0.225 e. The van der Waals surface area contributed by atoms with E-state index >= 15 is 0 Å². The topological polar surface area (TPSA) is 44.4 Å². The fourth-order valence-electron chi connectivity index (χ4n) is 2.46. The highest BCUT2D eigenvalue weighted by atomic mass is 16.1. The third kappa shape index (κ3) is 4.33. The average molecular weight is 261 g/mol. The van der Waals surface area contributed by atoms with Crippen molar-refractivity contribution in [2.75, 3.05) is 31.5 Å². The Morgan fingerprint density at radius 1 is 1.42 bits per heavy atom. The summed E-state index contributed by atoms with van der Waals surface area (Å²) in [5.74, 6) is 0.0941. The maximum absolute atomic E-state index is 12.0. The lowest BCUT2D eigenvalue weighted by atomic mass is 10.1. The number of carbonyl (C=O) groups is 1. The van der Waals surface area contributed by atoms with Gasteiger partial charge in [-0.3, -0.25) is 9.69 Å². The summed E-state index contributed by atoms with van der Waals surface area (Å²) in [6.07, 6.45) is 0.550. The molecule has 19 heavy (non-hydrogen) atoms. The van der Waals surface area contributed by atoms with Gasteiger partial charge in [-0.15, -0.1) is 0 Å². The van der Waals surface area contributed by atoms with Crippen LogP contribution in [0.1, 0.15) is 18.9 Å². The Kier molecular flexibility index (Phi) is 4.93. The van der Waals surface area contributed by atoms with Gasteiger partial charge in [0.2, 0.25) is 5.91 Å². The van der Waals surface area contributed by atoms with Crippen LogP contribution >= 0.6 is 0 Å². The fourth-order valence-corrected chi connectivity index (χ4v) is 2.46. The van der Waals surface area contributed by atoms with Gasteiger partial charge in [0.05, 0.1) is 0 Å². The molecule has 0 spiro atoms. The second-order valence-corrected chi connectivity index (χ2v) is 5.26. The molecule has 2 rings (SSSR count). The molecule has 4 nitrogen and oxygen atoms in total. The molecule has 1 atom stereocenters. The Morgan fingerprint density at radius 3 is 2.84 bits per heavy atom. The van der Waals surface area contributed by atoms with Gasteiger partial charge in [0.25, 0.3) is 0 Å². The van der Waals surface area contributed by atoms with E-state index in [4.69, 9.17) is 0 Å². The highest BCUT2D eigenvalue weighted by Crippen LogP contribution is 2.11. The summed E-state index contributed by atoms with van der Waals surface area (Å²) in [6.45, 7) is 8.24. The normalized spacial score (nSPS) is 18.0. The van der Waals surface area contributed by atoms with Crippen molar-refractivity contribution in [3.63, 3.8) is 0 Å². The average Bonchev–Trinajstić information content (AvgIpc) is 2.39. The van der Waals surface area contributed by atoms with Crippen LogP contribution in [0.25, 0.3) is 0 Å². The van der Waals surface area contributed by atoms with E-state index < -0.39 is 0 Å². The molecule has 0 aliphatic carbocycles. The number of amides is 1. The van der Waals surface area contributed by atoms with Crippen LogP contribution in [-0.4, -0.2) is 43.0 Å². The van der Waals surface area contributed by atoms with E-state index in [-0.39, 0.29) is 5.91 Å². The van der Waals surface area contributed by atoms with Crippen molar-refractivity contribution in [3.05, 3.63) is 29.8 Å². The van der Waals surface area contributed by atoms with Crippen molar-refractivity contribution in [1.29, 1.82) is 0 Å². The highest BCUT2D eigenvalue weighted by Gasteiger charge is 2.18. The Bertz CT molecular complexity index is 427. The number of hydrogen-bond acceptors (Lipinski definition) is 3. The van der Waals surface area contributed by atoms with E-state index in [2.05, 4.69) is 22.5 Å². The molecule has 0 saturated carbocycles. The van der Waals surface area contributed by atoms with E-state index in [0.717, 1.165) is 37.4 Å². The molecule has 1 aromatic rings. The first-order chi connectivity index (χ1) is 9.15. The van der Waals surface area contributed by atoms with Crippen LogP contribution < -0.4 is 10.6 Å². The minimum absolute atomic E-state index is 0.0941. The molecule has 2 N–H and O–H groups in total. The molecular formula is C15H23N3O. The van der Waals surface area contributed by atoms with Gasteiger partial charge in [0.15, 0.2) is 0 Å². The lowest BCUT2D eigenvalue weighted by molar-refractivity contribution is -0.117. The first-order valence-electron chi connectivity index (χ1n) is 6.96. The molecule has 0 bridgehead atoms. The van der Waals surface area contributed by atoms with Crippen LogP contribution in [0.2, 0.25) is 0 Å². The molecule has 4 heteroatoms. The summed E-state index contributed by atoms with van der Waals surface area (Å²) in [5.41, 5.74) is 2.05. The summed E-state index contributed by atoms with van der Waals surface area (Å²) >= 11 is 0. The number of nitrogens with one attached hydrogen (secondary N) is 2. The van der Waals surface area contributed by atoms with Crippen LogP contribution in [0.3, 0.4) is 0 Å². The molecular weight excluding hydrogens is 238 g/mol. The van der Waals surface area contributed by atoms with Gasteiger partial charge in [-0.1, -0.05) is 12.1 Å². The zero-order valence-electron chi connectivity index (χ0n) is 11.8. The van der Waals surface area contributed by atoms with Crippen molar-refractivity contribution < 1.29 is 4.79 Å². The Morgan fingerprint density at radius 2 is 2.16 bits per heavy atom. The van der Waals surface area contributed by atoms with Gasteiger partial charge in [-0.25, -0.2) is 0 Å². The second-order valence-electron chi connectivity index (χ2n) is 5.26. The van der Waals surface area contributed by atoms with Gasteiger partial charge < -0.3 is 10.6 Å². The van der Waals surface area contributed by atoms with Crippen LogP contribution in [0, 0.1) is 6.92 Å². The third-order valence-corrected chi connectivity index (χ3v) is 3.56. The molecule has 1 heterocycles. The molecule has 1 saturated heterocycles. The van der Waals surface area contributed by atoms with Crippen molar-refractivity contribution >= 4 is 11.6 Å². The Hall–Kier alpha value is -1.39. The number of hydrogen-bond donors (Lipinski definition) is 2. The number of aryl methyl sites for hydroxylation is 1. The second kappa shape index (κ2) is 6.68. The van der Waals surface area contributed by atoms with Gasteiger partial charge in [0.1, 0.15) is 0 Å². The van der Waals surface area contributed by atoms with Gasteiger partial charge in [0, 0.05) is 44.3 Å². The minimum atomic E-state index is 0.0941. The van der Waals surface area contributed by atoms with E-state index in [0.29, 0.717) is 12.5 Å². The zero-order valence-corrected chi connectivity index (χ0v) is 11.8. The predicted molar refractivity (Wildman–Crippen MR) is 78.3 cm³/mol. The van der Waals surface area contributed by atoms with E-state index in [1.165, 1.54) is 0 Å². The lowest BCUT2D eigenvalue weighted by Crippen LogP contribution is -2.48. The number of piperazine rings is 1. The number of rotatable bonds is 4. The van der Waals surface area contributed by atoms with Crippen molar-refractivity contribution in [3.8, 4) is 0 Å². The molecule has 0 radical (unpaired) electrons. The number of benzene rings is 1. The summed E-state index contributed by atoms with van der Waals surface area (Å²) < 4.78 is 0. The fraction of sp³-hybridized carbons (Fsp3) is 0.533. The quantitative estimate of drug-likeness (QED) is 0.865. The van der Waals surface area contributed by atoms with Crippen LogP contribution in [0.5, 0.6) is 0 Å². The lowest BCUT2D eigenvalue weighted by Gasteiger charge is -2.32. The molecule has 104 valence electrons. The third-order valence-electron chi connectivity index (χ3n) is 3.56. The number of nitrogens with zero attached hydrogens (tertiary/aromatic N) is 1. The SMILES string of the molecule is Cc1cccc(NC(=O)CC(C)N2CCNCC2)c1. The largest absolute Gasteiger partial charge is 0.326 e. The molecule has 1 aliphatic heterocycles. The van der Waals surface area contributed by atoms with Crippen LogP contribution in [0.4, 0.5) is 5.69 Å². The van der Waals surface area contributed by atoms with Crippen LogP contribution in [-0.2, 0) is 4.79 Å². The molecule has 1 unspecified atom stereocenters. The maximum Gasteiger partial charge on any atom is 0.225 e. The predicted octanol–water partition coefficient (Wildman–Crippen LogP) is 1.62. The van der Waals surface area contributed by atoms with Crippen LogP contribution in [0.15, 0.2) is 24.3 Å². The van der Waals surface area contributed by atoms with Crippen molar-refractivity contribution in [2.24, 2.45) is 0 Å². The van der Waals surface area contributed by atoms with E-state index in [1.54, 1.807) is 0 Å². The molecule has 1 aromatic carbocycles. The van der Waals surface area contributed by atoms with Gasteiger partial charge in [-0.2, -0.15) is 0 Å². The van der Waals surface area contributed by atoms with Gasteiger partial charge >= 0.3 is 0 Å². The standard InChI is InChI=1S/C15H23N3O/c1-12-4-3-5-14(10-12)17-15(19)11-13(2)18-8-6-16-7-9-18/h3-5,10,13,16H,6-9,11H2,1-2H3,(H,17,19). The van der Waals surface area contributed by atoms with Crippen molar-refractivity contribution in [2.45, 2.75) is 26.3 Å². The number of carbonyl (C=O) groups excluding carboxylic acids is 1. The molecule has 1 amide bonds. The summed E-state index contributed by atoms with van der Waals surface area (Å²) in [5, 5.41) is 6.30. The van der Waals surface area contributed by atoms with Crippen molar-refractivity contribution in [1.82, 2.24) is 10.2 Å². The molecule has 0 aromatic heterocycles. The summed E-state index contributed by atoms with van der Waals surface area (Å²) in [4.78, 5) is 14.4. The molecule has 1 aliphatic rings. The Labute approximate surface area is 115 Å². The first kappa shape index (κ1) is 14.0. The molecule has 1 fully saturated rings. The van der Waals surface area contributed by atoms with E-state index in [1.807, 2.05) is 31.2 Å².